The molecule has 9 heteroatoms. The van der Waals surface area contributed by atoms with E-state index < -0.39 is 28.5 Å². The Kier molecular flexibility index (Phi) is 5.24. The van der Waals surface area contributed by atoms with Gasteiger partial charge in [0.2, 0.25) is 0 Å². The molecule has 2 aromatic rings. The van der Waals surface area contributed by atoms with E-state index in [9.17, 15) is 19.7 Å². The van der Waals surface area contributed by atoms with Gasteiger partial charge in [0.05, 0.1) is 27.2 Å². The van der Waals surface area contributed by atoms with Crippen molar-refractivity contribution in [3.63, 3.8) is 0 Å². The van der Waals surface area contributed by atoms with Crippen molar-refractivity contribution in [2.24, 2.45) is 0 Å². The van der Waals surface area contributed by atoms with E-state index in [4.69, 9.17) is 5.11 Å². The van der Waals surface area contributed by atoms with Crippen molar-refractivity contribution < 1.29 is 19.6 Å². The predicted octanol–water partition coefficient (Wildman–Crippen LogP) is 2.80. The third-order valence-electron chi connectivity index (χ3n) is 3.30. The van der Waals surface area contributed by atoms with E-state index in [2.05, 4.69) is 10.3 Å². The fourth-order valence-corrected chi connectivity index (χ4v) is 2.85. The maximum atomic E-state index is 12.3. The predicted molar refractivity (Wildman–Crippen MR) is 87.4 cm³/mol. The molecule has 126 valence electrons. The molecule has 2 rings (SSSR count). The Morgan fingerprint density at radius 1 is 1.38 bits per heavy atom. The maximum Gasteiger partial charge on any atom is 0.335 e. The molecule has 0 aliphatic rings. The van der Waals surface area contributed by atoms with Gasteiger partial charge in [0.15, 0.2) is 0 Å². The van der Waals surface area contributed by atoms with Crippen molar-refractivity contribution in [2.45, 2.75) is 26.3 Å². The summed E-state index contributed by atoms with van der Waals surface area (Å²) in [5, 5.41) is 25.4. The molecular formula is C15H15N3O5S. The molecule has 0 saturated carbocycles. The molecule has 1 amide bonds. The summed E-state index contributed by atoms with van der Waals surface area (Å²) in [6.45, 7) is 3.71. The Balaban J connectivity index is 2.25. The summed E-state index contributed by atoms with van der Waals surface area (Å²) < 4.78 is 0. The first-order chi connectivity index (χ1) is 11.3. The molecule has 2 N–H and O–H groups in total. The van der Waals surface area contributed by atoms with Gasteiger partial charge in [0, 0.05) is 23.1 Å². The fraction of sp³-hybridized carbons (Fsp3) is 0.267. The lowest BCUT2D eigenvalue weighted by Crippen LogP contribution is -2.27. The van der Waals surface area contributed by atoms with Gasteiger partial charge in [-0.05, 0) is 19.4 Å². The number of rotatable bonds is 6. The molecule has 0 radical (unpaired) electrons. The van der Waals surface area contributed by atoms with Crippen LogP contribution in [-0.2, 0) is 6.42 Å². The van der Waals surface area contributed by atoms with Gasteiger partial charge >= 0.3 is 5.97 Å². The van der Waals surface area contributed by atoms with Crippen LogP contribution < -0.4 is 5.32 Å². The number of hydrogen-bond acceptors (Lipinski definition) is 6. The smallest absolute Gasteiger partial charge is 0.335 e. The normalized spacial score (nSPS) is 11.8. The average Bonchev–Trinajstić information content (AvgIpc) is 3.03. The third kappa shape index (κ3) is 3.93. The zero-order valence-electron chi connectivity index (χ0n) is 13.0. The van der Waals surface area contributed by atoms with E-state index in [0.29, 0.717) is 5.69 Å². The van der Waals surface area contributed by atoms with Gasteiger partial charge in [0.1, 0.15) is 0 Å². The summed E-state index contributed by atoms with van der Waals surface area (Å²) in [7, 11) is 0. The number of aromatic carboxylic acids is 1. The van der Waals surface area contributed by atoms with Gasteiger partial charge in [-0.3, -0.25) is 14.9 Å². The molecule has 1 heterocycles. The number of amides is 1. The Labute approximate surface area is 141 Å². The van der Waals surface area contributed by atoms with Crippen LogP contribution in [0, 0.1) is 10.1 Å². The average molecular weight is 349 g/mol. The molecule has 0 bridgehead atoms. The maximum absolute atomic E-state index is 12.3. The lowest BCUT2D eigenvalue weighted by atomic mass is 10.1. The summed E-state index contributed by atoms with van der Waals surface area (Å²) >= 11 is 1.48. The van der Waals surface area contributed by atoms with Gasteiger partial charge < -0.3 is 10.4 Å². The molecule has 8 nitrogen and oxygen atoms in total. The van der Waals surface area contributed by atoms with Crippen molar-refractivity contribution in [1.29, 1.82) is 0 Å². The van der Waals surface area contributed by atoms with Crippen molar-refractivity contribution in [3.05, 3.63) is 55.5 Å². The van der Waals surface area contributed by atoms with E-state index in [-0.39, 0.29) is 11.1 Å². The van der Waals surface area contributed by atoms with Crippen LogP contribution in [-0.4, -0.2) is 26.9 Å². The number of thiazole rings is 1. The zero-order chi connectivity index (χ0) is 17.9. The molecule has 0 spiro atoms. The number of aryl methyl sites for hydroxylation is 1. The number of nitro groups is 1. The van der Waals surface area contributed by atoms with Gasteiger partial charge in [-0.25, -0.2) is 9.78 Å². The largest absolute Gasteiger partial charge is 0.478 e. The second-order valence-electron chi connectivity index (χ2n) is 5.05. The second kappa shape index (κ2) is 7.18. The quantitative estimate of drug-likeness (QED) is 0.611. The number of nitro benzene ring substituents is 1. The number of carbonyl (C=O) groups is 2. The van der Waals surface area contributed by atoms with Gasteiger partial charge in [-0.2, -0.15) is 0 Å². The molecule has 1 unspecified atom stereocenters. The van der Waals surface area contributed by atoms with Crippen LogP contribution in [0.3, 0.4) is 0 Å². The van der Waals surface area contributed by atoms with Crippen molar-refractivity contribution in [3.8, 4) is 0 Å². The molecule has 0 aliphatic carbocycles. The topological polar surface area (TPSA) is 122 Å². The van der Waals surface area contributed by atoms with E-state index >= 15 is 0 Å². The van der Waals surface area contributed by atoms with E-state index in [1.165, 1.54) is 11.3 Å². The van der Waals surface area contributed by atoms with E-state index in [1.54, 1.807) is 6.92 Å². The molecule has 0 aliphatic heterocycles. The Hall–Kier alpha value is -2.81. The fourth-order valence-electron chi connectivity index (χ4n) is 2.01. The van der Waals surface area contributed by atoms with Crippen LogP contribution in [0.15, 0.2) is 23.6 Å². The number of carboxylic acids is 1. The highest BCUT2D eigenvalue weighted by Gasteiger charge is 2.19. The molecule has 24 heavy (non-hydrogen) atoms. The Morgan fingerprint density at radius 3 is 2.58 bits per heavy atom. The number of nitrogens with one attached hydrogen (secondary N) is 1. The number of carbonyl (C=O) groups excluding carboxylic acids is 1. The standard InChI is InChI=1S/C15H15N3O5S/c1-3-13-17-12(7-24-13)8(2)16-14(19)9-4-10(15(20)21)6-11(5-9)18(22)23/h4-8H,3H2,1-2H3,(H,16,19)(H,20,21). The van der Waals surface area contributed by atoms with Crippen LogP contribution in [0.25, 0.3) is 0 Å². The molecule has 1 atom stereocenters. The van der Waals surface area contributed by atoms with Crippen LogP contribution in [0.1, 0.15) is 51.3 Å². The van der Waals surface area contributed by atoms with Crippen molar-refractivity contribution in [2.75, 3.05) is 0 Å². The minimum absolute atomic E-state index is 0.0839. The highest BCUT2D eigenvalue weighted by molar-refractivity contribution is 7.09. The Bertz CT molecular complexity index is 770. The first-order valence-corrected chi connectivity index (χ1v) is 7.97. The van der Waals surface area contributed by atoms with Gasteiger partial charge in [-0.1, -0.05) is 6.92 Å². The highest BCUT2D eigenvalue weighted by atomic mass is 32.1. The van der Waals surface area contributed by atoms with Crippen molar-refractivity contribution in [1.82, 2.24) is 10.3 Å². The van der Waals surface area contributed by atoms with E-state index in [0.717, 1.165) is 29.6 Å². The summed E-state index contributed by atoms with van der Waals surface area (Å²) in [4.78, 5) is 37.9. The van der Waals surface area contributed by atoms with Crippen molar-refractivity contribution >= 4 is 28.9 Å². The molecule has 1 aromatic carbocycles. The number of carboxylic acid groups (broad SMARTS) is 1. The highest BCUT2D eigenvalue weighted by Crippen LogP contribution is 2.20. The number of non-ortho nitro benzene ring substituents is 1. The first kappa shape index (κ1) is 17.5. The Morgan fingerprint density at radius 2 is 2.04 bits per heavy atom. The van der Waals surface area contributed by atoms with Crippen LogP contribution in [0.5, 0.6) is 0 Å². The number of benzene rings is 1. The molecule has 0 fully saturated rings. The second-order valence-corrected chi connectivity index (χ2v) is 5.99. The number of nitrogens with zero attached hydrogens (tertiary/aromatic N) is 2. The summed E-state index contributed by atoms with van der Waals surface area (Å²) in [6.07, 6.45) is 0.790. The monoisotopic (exact) mass is 349 g/mol. The SMILES string of the molecule is CCc1nc(C(C)NC(=O)c2cc(C(=O)O)cc([N+](=O)[O-])c2)cs1. The lowest BCUT2D eigenvalue weighted by Gasteiger charge is -2.12. The van der Waals surface area contributed by atoms with E-state index in [1.807, 2.05) is 12.3 Å². The van der Waals surface area contributed by atoms with Gasteiger partial charge in [-0.15, -0.1) is 11.3 Å². The molecule has 0 saturated heterocycles. The summed E-state index contributed by atoms with van der Waals surface area (Å²) in [5.41, 5.74) is -0.160. The van der Waals surface area contributed by atoms with Crippen LogP contribution >= 0.6 is 11.3 Å². The summed E-state index contributed by atoms with van der Waals surface area (Å²) in [6, 6.07) is 2.67. The number of hydrogen-bond donors (Lipinski definition) is 2. The lowest BCUT2D eigenvalue weighted by molar-refractivity contribution is -0.384. The summed E-state index contributed by atoms with van der Waals surface area (Å²) in [5.74, 6) is -1.94. The first-order valence-electron chi connectivity index (χ1n) is 7.09. The minimum Gasteiger partial charge on any atom is -0.478 e. The number of aromatic nitrogens is 1. The minimum atomic E-state index is -1.34. The molecular weight excluding hydrogens is 334 g/mol. The zero-order valence-corrected chi connectivity index (χ0v) is 13.8. The van der Waals surface area contributed by atoms with Crippen LogP contribution in [0.4, 0.5) is 5.69 Å². The van der Waals surface area contributed by atoms with Crippen LogP contribution in [0.2, 0.25) is 0 Å². The third-order valence-corrected chi connectivity index (χ3v) is 4.31. The molecule has 1 aromatic heterocycles. The van der Waals surface area contributed by atoms with Gasteiger partial charge in [0.25, 0.3) is 11.6 Å².